The maximum atomic E-state index is 12.7. The summed E-state index contributed by atoms with van der Waals surface area (Å²) in [6.07, 6.45) is 35.2. The van der Waals surface area contributed by atoms with Crippen LogP contribution in [-0.4, -0.2) is 97.5 Å². The third kappa shape index (κ3) is 31.8. The van der Waals surface area contributed by atoms with E-state index >= 15 is 0 Å². The summed E-state index contributed by atoms with van der Waals surface area (Å²) in [5.41, 5.74) is 0. The second kappa shape index (κ2) is 38.0. The van der Waals surface area contributed by atoms with Gasteiger partial charge >= 0.3 is 16.4 Å². The van der Waals surface area contributed by atoms with E-state index in [1.54, 1.807) is 0 Å². The van der Waals surface area contributed by atoms with E-state index in [4.69, 9.17) is 23.5 Å². The molecule has 1 aliphatic rings. The molecule has 0 aromatic heterocycles. The van der Waals surface area contributed by atoms with Crippen molar-refractivity contribution in [1.29, 1.82) is 0 Å². The van der Waals surface area contributed by atoms with Crippen LogP contribution in [0.2, 0.25) is 0 Å². The average molecular weight is 861 g/mol. The third-order valence-electron chi connectivity index (χ3n) is 10.5. The van der Waals surface area contributed by atoms with Crippen LogP contribution in [0.4, 0.5) is 0 Å². The highest BCUT2D eigenvalue weighted by Gasteiger charge is 2.48. The first-order valence-electron chi connectivity index (χ1n) is 23.2. The summed E-state index contributed by atoms with van der Waals surface area (Å²) in [5, 5.41) is 30.5. The first-order chi connectivity index (χ1) is 28.6. The molecule has 0 radical (unpaired) electrons. The molecule has 0 aromatic rings. The highest BCUT2D eigenvalue weighted by atomic mass is 32.3. The number of hydrogen-bond acceptors (Lipinski definition) is 11. The van der Waals surface area contributed by atoms with Crippen molar-refractivity contribution in [3.63, 3.8) is 0 Å². The second-order valence-corrected chi connectivity index (χ2v) is 17.0. The number of hydrogen-bond donors (Lipinski definition) is 4. The fraction of sp³-hybridized carbons (Fsp3) is 0.848. The number of esters is 1. The van der Waals surface area contributed by atoms with Gasteiger partial charge in [-0.15, -0.1) is 0 Å². The Morgan fingerprint density at radius 2 is 1.12 bits per heavy atom. The molecule has 1 rings (SSSR count). The van der Waals surface area contributed by atoms with E-state index in [9.17, 15) is 28.5 Å². The van der Waals surface area contributed by atoms with Gasteiger partial charge in [0.2, 0.25) is 0 Å². The van der Waals surface area contributed by atoms with Gasteiger partial charge in [-0.3, -0.25) is 9.35 Å². The number of carbonyl (C=O) groups excluding carboxylic acids is 1. The van der Waals surface area contributed by atoms with E-state index in [1.807, 2.05) is 0 Å². The zero-order valence-corrected chi connectivity index (χ0v) is 37.6. The Morgan fingerprint density at radius 3 is 1.63 bits per heavy atom. The molecule has 1 aliphatic heterocycles. The van der Waals surface area contributed by atoms with Gasteiger partial charge in [0.15, 0.2) is 6.29 Å². The lowest BCUT2D eigenvalue weighted by molar-refractivity contribution is -0.301. The molecule has 346 valence electrons. The maximum Gasteiger partial charge on any atom is 0.397 e. The van der Waals surface area contributed by atoms with Crippen molar-refractivity contribution in [2.24, 2.45) is 0 Å². The SMILES string of the molecule is CCCCCCC/C=C\C/C=C\C/C=C\CCCCCCCCCCCCCOCC(COC1OC(CO)C(O)C(OS(=O)(=O)O)C1O)OC(=O)CCCCCCCC. The predicted octanol–water partition coefficient (Wildman–Crippen LogP) is 9.80. The fourth-order valence-electron chi connectivity index (χ4n) is 6.97. The van der Waals surface area contributed by atoms with Crippen molar-refractivity contribution in [2.75, 3.05) is 26.4 Å². The van der Waals surface area contributed by atoms with E-state index < -0.39 is 59.8 Å². The Morgan fingerprint density at radius 1 is 0.644 bits per heavy atom. The largest absolute Gasteiger partial charge is 0.457 e. The lowest BCUT2D eigenvalue weighted by Crippen LogP contribution is -2.60. The molecular weight excluding hydrogens is 777 g/mol. The van der Waals surface area contributed by atoms with Gasteiger partial charge in [-0.05, 0) is 51.4 Å². The number of carbonyl (C=O) groups is 1. The molecule has 13 heteroatoms. The number of allylic oxidation sites excluding steroid dienone is 6. The lowest BCUT2D eigenvalue weighted by Gasteiger charge is -2.41. The molecule has 0 aliphatic carbocycles. The zero-order valence-electron chi connectivity index (χ0n) is 36.8. The minimum absolute atomic E-state index is 0.0349. The van der Waals surface area contributed by atoms with E-state index in [1.165, 1.54) is 96.3 Å². The lowest BCUT2D eigenvalue weighted by atomic mass is 9.99. The molecule has 12 nitrogen and oxygen atoms in total. The van der Waals surface area contributed by atoms with Gasteiger partial charge in [-0.1, -0.05) is 166 Å². The van der Waals surface area contributed by atoms with Gasteiger partial charge < -0.3 is 34.3 Å². The van der Waals surface area contributed by atoms with Crippen molar-refractivity contribution in [2.45, 2.75) is 224 Å². The monoisotopic (exact) mass is 861 g/mol. The predicted molar refractivity (Wildman–Crippen MR) is 234 cm³/mol. The van der Waals surface area contributed by atoms with Crippen molar-refractivity contribution in [1.82, 2.24) is 0 Å². The van der Waals surface area contributed by atoms with E-state index in [0.717, 1.165) is 64.2 Å². The first-order valence-corrected chi connectivity index (χ1v) is 24.6. The van der Waals surface area contributed by atoms with Crippen LogP contribution in [-0.2, 0) is 38.3 Å². The quantitative estimate of drug-likeness (QED) is 0.0199. The van der Waals surface area contributed by atoms with Crippen LogP contribution in [0.1, 0.15) is 187 Å². The van der Waals surface area contributed by atoms with Gasteiger partial charge in [-0.25, -0.2) is 4.18 Å². The fourth-order valence-corrected chi connectivity index (χ4v) is 7.48. The Hall–Kier alpha value is -1.68. The molecule has 0 saturated carbocycles. The molecule has 0 bridgehead atoms. The molecule has 0 spiro atoms. The van der Waals surface area contributed by atoms with Crippen LogP contribution >= 0.6 is 0 Å². The van der Waals surface area contributed by atoms with Gasteiger partial charge in [0, 0.05) is 13.0 Å². The van der Waals surface area contributed by atoms with Gasteiger partial charge in [0.25, 0.3) is 0 Å². The van der Waals surface area contributed by atoms with Gasteiger partial charge in [0.05, 0.1) is 19.8 Å². The first kappa shape index (κ1) is 55.3. The highest BCUT2D eigenvalue weighted by Crippen LogP contribution is 2.26. The normalized spacial score (nSPS) is 20.7. The summed E-state index contributed by atoms with van der Waals surface area (Å²) < 4.78 is 58.8. The molecule has 1 heterocycles. The molecule has 0 amide bonds. The van der Waals surface area contributed by atoms with E-state index in [2.05, 4.69) is 54.5 Å². The summed E-state index contributed by atoms with van der Waals surface area (Å²) in [5.74, 6) is -0.410. The Kier molecular flexibility index (Phi) is 35.7. The number of aliphatic hydroxyl groups excluding tert-OH is 3. The number of rotatable bonds is 40. The Balaban J connectivity index is 2.23. The molecule has 1 saturated heterocycles. The molecular formula is C46H84O12S. The minimum atomic E-state index is -5.05. The molecule has 4 N–H and O–H groups in total. The van der Waals surface area contributed by atoms with Crippen LogP contribution < -0.4 is 0 Å². The molecule has 1 fully saturated rings. The smallest absolute Gasteiger partial charge is 0.397 e. The summed E-state index contributed by atoms with van der Waals surface area (Å²) in [6.45, 7) is 3.90. The highest BCUT2D eigenvalue weighted by molar-refractivity contribution is 7.80. The summed E-state index contributed by atoms with van der Waals surface area (Å²) >= 11 is 0. The standard InChI is InChI=1S/C46H84O12S/c1-3-5-7-9-11-12-13-14-15-16-17-18-19-20-21-22-23-24-25-26-27-28-29-30-32-34-36-54-38-40(56-42(48)35-33-31-10-8-6-4-2)39-55-46-44(50)45(58-59(51,52)53)43(49)41(37-47)57-46/h13-14,16-17,19-20,40-41,43-47,49-50H,3-12,15,18,21-39H2,1-2H3,(H,51,52,53)/b14-13-,17-16-,20-19-. The summed E-state index contributed by atoms with van der Waals surface area (Å²) in [7, 11) is -5.05. The minimum Gasteiger partial charge on any atom is -0.457 e. The van der Waals surface area contributed by atoms with Gasteiger partial charge in [-0.2, -0.15) is 8.42 Å². The maximum absolute atomic E-state index is 12.7. The Labute approximate surface area is 358 Å². The van der Waals surface area contributed by atoms with Crippen molar-refractivity contribution in [3.8, 4) is 0 Å². The van der Waals surface area contributed by atoms with Gasteiger partial charge in [0.1, 0.15) is 30.5 Å². The van der Waals surface area contributed by atoms with Crippen molar-refractivity contribution in [3.05, 3.63) is 36.5 Å². The van der Waals surface area contributed by atoms with Crippen LogP contribution in [0.15, 0.2) is 36.5 Å². The molecule has 6 atom stereocenters. The van der Waals surface area contributed by atoms with Crippen molar-refractivity contribution < 1.29 is 56.2 Å². The number of ether oxygens (including phenoxy) is 4. The van der Waals surface area contributed by atoms with E-state index in [-0.39, 0.29) is 19.6 Å². The third-order valence-corrected chi connectivity index (χ3v) is 11.0. The van der Waals surface area contributed by atoms with Crippen molar-refractivity contribution >= 4 is 16.4 Å². The molecule has 6 unspecified atom stereocenters. The molecule has 59 heavy (non-hydrogen) atoms. The topological polar surface area (TPSA) is 178 Å². The van der Waals surface area contributed by atoms with Crippen LogP contribution in [0.25, 0.3) is 0 Å². The Bertz CT molecular complexity index is 1180. The van der Waals surface area contributed by atoms with Crippen LogP contribution in [0.5, 0.6) is 0 Å². The average Bonchev–Trinajstić information content (AvgIpc) is 3.21. The number of unbranched alkanes of at least 4 members (excludes halogenated alkanes) is 21. The summed E-state index contributed by atoms with van der Waals surface area (Å²) in [6, 6.07) is 0. The van der Waals surface area contributed by atoms with Crippen LogP contribution in [0.3, 0.4) is 0 Å². The summed E-state index contributed by atoms with van der Waals surface area (Å²) in [4.78, 5) is 12.7. The molecule has 0 aromatic carbocycles. The zero-order chi connectivity index (χ0) is 43.2. The van der Waals surface area contributed by atoms with Crippen LogP contribution in [0, 0.1) is 0 Å². The second-order valence-electron chi connectivity index (χ2n) is 16.0. The van der Waals surface area contributed by atoms with E-state index in [0.29, 0.717) is 13.0 Å². The number of aliphatic hydroxyl groups is 3.